The van der Waals surface area contributed by atoms with E-state index in [2.05, 4.69) is 0 Å². The number of benzene rings is 3. The van der Waals surface area contributed by atoms with Gasteiger partial charge in [0.1, 0.15) is 42.7 Å². The van der Waals surface area contributed by atoms with Gasteiger partial charge in [-0.25, -0.2) is 9.59 Å². The molecule has 0 bridgehead atoms. The van der Waals surface area contributed by atoms with Gasteiger partial charge in [0.2, 0.25) is 0 Å². The van der Waals surface area contributed by atoms with Gasteiger partial charge in [-0.3, -0.25) is 0 Å². The van der Waals surface area contributed by atoms with Crippen molar-refractivity contribution < 1.29 is 28.2 Å². The van der Waals surface area contributed by atoms with Crippen molar-refractivity contribution in [2.24, 2.45) is 0 Å². The quantitative estimate of drug-likeness (QED) is 0.199. The second kappa shape index (κ2) is 10.6. The zero-order chi connectivity index (χ0) is 23.9. The lowest BCUT2D eigenvalue weighted by Crippen LogP contribution is -2.12. The summed E-state index contributed by atoms with van der Waals surface area (Å²) in [6.07, 6.45) is 0. The largest absolute Gasteiger partial charge is 0.497 e. The molecular weight excluding hydrogens is 436 g/mol. The first-order valence-electron chi connectivity index (χ1n) is 10.7. The van der Waals surface area contributed by atoms with Crippen molar-refractivity contribution in [3.05, 3.63) is 99.9 Å². The van der Waals surface area contributed by atoms with Gasteiger partial charge in [0.25, 0.3) is 0 Å². The van der Waals surface area contributed by atoms with Crippen LogP contribution in [0.1, 0.15) is 21.5 Å². The van der Waals surface area contributed by atoms with Crippen LogP contribution < -0.4 is 19.8 Å². The summed E-state index contributed by atoms with van der Waals surface area (Å²) in [5, 5.41) is 0.865. The van der Waals surface area contributed by atoms with Crippen molar-refractivity contribution in [3.63, 3.8) is 0 Å². The molecule has 0 aliphatic heterocycles. The second-order valence-electron chi connectivity index (χ2n) is 7.55. The zero-order valence-corrected chi connectivity index (χ0v) is 18.9. The van der Waals surface area contributed by atoms with E-state index in [1.807, 2.05) is 19.1 Å². The number of hydrogen-bond acceptors (Lipinski definition) is 7. The molecule has 7 heteroatoms. The summed E-state index contributed by atoms with van der Waals surface area (Å²) >= 11 is 0. The third kappa shape index (κ3) is 5.75. The van der Waals surface area contributed by atoms with Crippen LogP contribution in [0.25, 0.3) is 11.0 Å². The van der Waals surface area contributed by atoms with Gasteiger partial charge in [-0.15, -0.1) is 0 Å². The minimum absolute atomic E-state index is 0.132. The number of hydrogen-bond donors (Lipinski definition) is 0. The highest BCUT2D eigenvalue weighted by molar-refractivity contribution is 5.89. The van der Waals surface area contributed by atoms with E-state index < -0.39 is 11.6 Å². The van der Waals surface area contributed by atoms with Crippen molar-refractivity contribution in [1.29, 1.82) is 0 Å². The highest BCUT2D eigenvalue weighted by Crippen LogP contribution is 2.23. The first kappa shape index (κ1) is 22.9. The van der Waals surface area contributed by atoms with Crippen LogP contribution in [0.15, 0.2) is 82.0 Å². The van der Waals surface area contributed by atoms with Crippen LogP contribution in [0.2, 0.25) is 0 Å². The standard InChI is InChI=1S/C27H24O7/c1-18-15-26(28)34-25-16-23(11-12-24(18)25)33-17-19-3-5-20(6-4-19)27(29)32-14-13-31-22-9-7-21(30-2)8-10-22/h3-12,15-16H,13-14,17H2,1-2H3. The number of ether oxygens (including phenoxy) is 4. The van der Waals surface area contributed by atoms with E-state index >= 15 is 0 Å². The van der Waals surface area contributed by atoms with Crippen molar-refractivity contribution in [2.45, 2.75) is 13.5 Å². The molecule has 174 valence electrons. The minimum Gasteiger partial charge on any atom is -0.497 e. The van der Waals surface area contributed by atoms with Gasteiger partial charge in [-0.2, -0.15) is 0 Å². The Labute approximate surface area is 196 Å². The molecule has 0 fully saturated rings. The van der Waals surface area contributed by atoms with Gasteiger partial charge in [0, 0.05) is 17.5 Å². The van der Waals surface area contributed by atoms with Crippen molar-refractivity contribution >= 4 is 16.9 Å². The predicted molar refractivity (Wildman–Crippen MR) is 127 cm³/mol. The predicted octanol–water partition coefficient (Wildman–Crippen LogP) is 4.92. The van der Waals surface area contributed by atoms with Crippen molar-refractivity contribution in [2.75, 3.05) is 20.3 Å². The van der Waals surface area contributed by atoms with E-state index in [0.717, 1.165) is 22.3 Å². The van der Waals surface area contributed by atoms with Gasteiger partial charge < -0.3 is 23.4 Å². The summed E-state index contributed by atoms with van der Waals surface area (Å²) in [5.74, 6) is 1.57. The molecule has 0 amide bonds. The van der Waals surface area contributed by atoms with Crippen molar-refractivity contribution in [3.8, 4) is 17.2 Å². The molecule has 0 unspecified atom stereocenters. The SMILES string of the molecule is COc1ccc(OCCOC(=O)c2ccc(COc3ccc4c(C)cc(=O)oc4c3)cc2)cc1. The fraction of sp³-hybridized carbons (Fsp3) is 0.185. The molecule has 4 rings (SSSR count). The van der Waals surface area contributed by atoms with E-state index in [0.29, 0.717) is 29.3 Å². The number of rotatable bonds is 9. The summed E-state index contributed by atoms with van der Waals surface area (Å²) in [6.45, 7) is 2.54. The first-order valence-corrected chi connectivity index (χ1v) is 10.7. The Hall–Kier alpha value is -4.26. The minimum atomic E-state index is -0.425. The van der Waals surface area contributed by atoms with Crippen LogP contribution >= 0.6 is 0 Å². The zero-order valence-electron chi connectivity index (χ0n) is 18.9. The fourth-order valence-corrected chi connectivity index (χ4v) is 3.35. The molecule has 0 N–H and O–H groups in total. The van der Waals surface area contributed by atoms with E-state index in [4.69, 9.17) is 23.4 Å². The van der Waals surface area contributed by atoms with E-state index in [1.54, 1.807) is 61.7 Å². The summed E-state index contributed by atoms with van der Waals surface area (Å²) in [4.78, 5) is 23.8. The normalized spacial score (nSPS) is 10.6. The van der Waals surface area contributed by atoms with Crippen LogP contribution in [-0.2, 0) is 11.3 Å². The number of aryl methyl sites for hydroxylation is 1. The smallest absolute Gasteiger partial charge is 0.338 e. The maximum Gasteiger partial charge on any atom is 0.338 e. The Balaban J connectivity index is 1.25. The van der Waals surface area contributed by atoms with Crippen LogP contribution in [0.5, 0.6) is 17.2 Å². The Bertz CT molecular complexity index is 1320. The lowest BCUT2D eigenvalue weighted by molar-refractivity contribution is 0.0450. The average molecular weight is 460 g/mol. The Morgan fingerprint density at radius 3 is 2.26 bits per heavy atom. The van der Waals surface area contributed by atoms with Crippen LogP contribution in [0.4, 0.5) is 0 Å². The first-order chi connectivity index (χ1) is 16.5. The fourth-order valence-electron chi connectivity index (χ4n) is 3.35. The topological polar surface area (TPSA) is 84.2 Å². The maximum absolute atomic E-state index is 12.2. The Morgan fingerprint density at radius 1 is 0.824 bits per heavy atom. The molecule has 34 heavy (non-hydrogen) atoms. The molecule has 0 saturated carbocycles. The van der Waals surface area contributed by atoms with E-state index in [1.165, 1.54) is 6.07 Å². The molecule has 0 spiro atoms. The highest BCUT2D eigenvalue weighted by atomic mass is 16.6. The summed E-state index contributed by atoms with van der Waals surface area (Å²) < 4.78 is 27.0. The van der Waals surface area contributed by atoms with Crippen LogP contribution in [0.3, 0.4) is 0 Å². The van der Waals surface area contributed by atoms with Crippen LogP contribution in [-0.4, -0.2) is 26.3 Å². The number of methoxy groups -OCH3 is 1. The van der Waals surface area contributed by atoms with E-state index in [-0.39, 0.29) is 13.2 Å². The van der Waals surface area contributed by atoms with Gasteiger partial charge in [-0.05, 0) is 66.6 Å². The lowest BCUT2D eigenvalue weighted by atomic mass is 10.1. The molecule has 3 aromatic carbocycles. The molecule has 1 heterocycles. The van der Waals surface area contributed by atoms with Gasteiger partial charge >= 0.3 is 11.6 Å². The Morgan fingerprint density at radius 2 is 1.53 bits per heavy atom. The van der Waals surface area contributed by atoms with Gasteiger partial charge in [0.05, 0.1) is 12.7 Å². The molecule has 1 aromatic heterocycles. The van der Waals surface area contributed by atoms with Crippen LogP contribution in [0, 0.1) is 6.92 Å². The van der Waals surface area contributed by atoms with E-state index in [9.17, 15) is 9.59 Å². The van der Waals surface area contributed by atoms with Gasteiger partial charge in [-0.1, -0.05) is 12.1 Å². The Kier molecular flexibility index (Phi) is 7.13. The number of carbonyl (C=O) groups excluding carboxylic acids is 1. The molecule has 0 atom stereocenters. The summed E-state index contributed by atoms with van der Waals surface area (Å²) in [5.41, 5.74) is 2.27. The molecule has 0 saturated heterocycles. The van der Waals surface area contributed by atoms with Gasteiger partial charge in [0.15, 0.2) is 0 Å². The molecule has 0 aliphatic carbocycles. The molecule has 0 radical (unpaired) electrons. The lowest BCUT2D eigenvalue weighted by Gasteiger charge is -2.09. The summed E-state index contributed by atoms with van der Waals surface area (Å²) in [6, 6.07) is 21.0. The highest BCUT2D eigenvalue weighted by Gasteiger charge is 2.08. The molecule has 7 nitrogen and oxygen atoms in total. The number of esters is 1. The third-order valence-corrected chi connectivity index (χ3v) is 5.16. The third-order valence-electron chi connectivity index (χ3n) is 5.16. The number of carbonyl (C=O) groups is 1. The monoisotopic (exact) mass is 460 g/mol. The molecular formula is C27H24O7. The summed E-state index contributed by atoms with van der Waals surface area (Å²) in [7, 11) is 1.60. The average Bonchev–Trinajstić information content (AvgIpc) is 2.85. The maximum atomic E-state index is 12.2. The van der Waals surface area contributed by atoms with Crippen molar-refractivity contribution in [1.82, 2.24) is 0 Å². The molecule has 4 aromatic rings. The second-order valence-corrected chi connectivity index (χ2v) is 7.55. The number of fused-ring (bicyclic) bond motifs is 1. The molecule has 0 aliphatic rings.